The average Bonchev–Trinajstić information content (AvgIpc) is 3.57. The monoisotopic (exact) mass is 806 g/mol. The van der Waals surface area contributed by atoms with E-state index < -0.39 is 74.7 Å². The van der Waals surface area contributed by atoms with E-state index in [1.807, 2.05) is 25.1 Å². The molecule has 280 valence electrons. The summed E-state index contributed by atoms with van der Waals surface area (Å²) in [5, 5.41) is 25.0. The highest BCUT2D eigenvalue weighted by molar-refractivity contribution is 7.69. The maximum absolute atomic E-state index is 12.9. The quantitative estimate of drug-likeness (QED) is 0.121. The van der Waals surface area contributed by atoms with Crippen LogP contribution in [0.3, 0.4) is 0 Å². The first kappa shape index (κ1) is 38.5. The van der Waals surface area contributed by atoms with Crippen molar-refractivity contribution in [2.45, 2.75) is 37.7 Å². The van der Waals surface area contributed by atoms with Crippen molar-refractivity contribution in [1.82, 2.24) is 10.2 Å². The van der Waals surface area contributed by atoms with Crippen molar-refractivity contribution in [3.63, 3.8) is 0 Å². The molecule has 6 unspecified atom stereocenters. The molecular formula is C28H30N2O18P4. The van der Waals surface area contributed by atoms with E-state index >= 15 is 0 Å². The highest BCUT2D eigenvalue weighted by Gasteiger charge is 2.50. The van der Waals surface area contributed by atoms with E-state index in [1.54, 1.807) is 36.4 Å². The first-order valence-electron chi connectivity index (χ1n) is 14.8. The third-order valence-corrected chi connectivity index (χ3v) is 13.4. The van der Waals surface area contributed by atoms with Crippen molar-refractivity contribution < 1.29 is 84.3 Å². The summed E-state index contributed by atoms with van der Waals surface area (Å²) in [5.41, 5.74) is 2.16. The van der Waals surface area contributed by atoms with Crippen LogP contribution in [0.4, 0.5) is 4.79 Å². The Hall–Kier alpha value is -3.25. The molecule has 52 heavy (non-hydrogen) atoms. The van der Waals surface area contributed by atoms with Gasteiger partial charge in [-0.25, -0.2) is 23.1 Å². The second kappa shape index (κ2) is 14.5. The maximum Gasteiger partial charge on any atom is 0.536 e. The molecule has 1 saturated heterocycles. The number of amides is 2. The molecule has 1 fully saturated rings. The van der Waals surface area contributed by atoms with Crippen molar-refractivity contribution in [2.24, 2.45) is 0 Å². The summed E-state index contributed by atoms with van der Waals surface area (Å²) in [6.45, 7) is 0.777. The lowest BCUT2D eigenvalue weighted by atomic mass is 10.1. The van der Waals surface area contributed by atoms with Crippen LogP contribution in [0.15, 0.2) is 84.6 Å². The molecule has 9 atom stereocenters. The largest absolute Gasteiger partial charge is 0.536 e. The first-order valence-corrected chi connectivity index (χ1v) is 20.8. The van der Waals surface area contributed by atoms with Crippen molar-refractivity contribution in [3.05, 3.63) is 95.7 Å². The number of fused-ring (bicyclic) bond motifs is 2. The van der Waals surface area contributed by atoms with Crippen LogP contribution in [0.2, 0.25) is 0 Å². The fraction of sp³-hybridized carbons (Fsp3) is 0.250. The number of carbonyl (C=O) groups is 1. The number of aryl methyl sites for hydroxylation is 1. The molecule has 0 spiro atoms. The first-order chi connectivity index (χ1) is 24.3. The zero-order chi connectivity index (χ0) is 37.6. The predicted octanol–water partition coefficient (Wildman–Crippen LogP) is 3.75. The van der Waals surface area contributed by atoms with E-state index in [-0.39, 0.29) is 5.75 Å². The number of aliphatic hydroxyl groups excluding tert-OH is 2. The van der Waals surface area contributed by atoms with Gasteiger partial charge in [-0.2, -0.15) is 12.9 Å². The number of ether oxygens (including phenoxy) is 2. The molecule has 7 N–H and O–H groups in total. The minimum Gasteiger partial charge on any atom is -0.466 e. The van der Waals surface area contributed by atoms with Crippen molar-refractivity contribution >= 4 is 53.9 Å². The van der Waals surface area contributed by atoms with Gasteiger partial charge in [0.1, 0.15) is 29.8 Å². The Labute approximate surface area is 293 Å². The number of nitrogens with zero attached hydrogens (tertiary/aromatic N) is 1. The minimum atomic E-state index is -6.11. The van der Waals surface area contributed by atoms with Gasteiger partial charge in [0.25, 0.3) is 0 Å². The molecule has 0 aromatic heterocycles. The van der Waals surface area contributed by atoms with Gasteiger partial charge in [-0.15, -0.1) is 0 Å². The molecular weight excluding hydrogens is 776 g/mol. The summed E-state index contributed by atoms with van der Waals surface area (Å²) in [6.07, 6.45) is -4.78. The predicted molar refractivity (Wildman–Crippen MR) is 176 cm³/mol. The number of hydrogen-bond acceptors (Lipinski definition) is 14. The van der Waals surface area contributed by atoms with Crippen molar-refractivity contribution in [2.75, 3.05) is 6.61 Å². The Kier molecular flexibility index (Phi) is 10.8. The molecule has 20 nitrogen and oxygen atoms in total. The summed E-state index contributed by atoms with van der Waals surface area (Å²) in [7, 11) is -23.4. The summed E-state index contributed by atoms with van der Waals surface area (Å²) in [5.74, 6) is 0.150. The van der Waals surface area contributed by atoms with Crippen LogP contribution in [0.5, 0.6) is 5.75 Å². The van der Waals surface area contributed by atoms with Gasteiger partial charge in [0.2, 0.25) is 6.23 Å². The van der Waals surface area contributed by atoms with Gasteiger partial charge < -0.3 is 38.9 Å². The SMILES string of the molecule is Cc1cccc(C2=CC3=CN([C@@H]4O[C@H](COP(=O)(O)OP(=O)(O)OP(=O)(O)OP(=O)(O)Oc5ccc6ccccc6c5)[C@H](O)C4O)C(=O)NC3O2)c1. The summed E-state index contributed by atoms with van der Waals surface area (Å²) < 4.78 is 82.0. The highest BCUT2D eigenvalue weighted by atomic mass is 31.3. The number of nitrogens with one attached hydrogen (secondary N) is 1. The van der Waals surface area contributed by atoms with Gasteiger partial charge in [-0.3, -0.25) is 19.6 Å². The van der Waals surface area contributed by atoms with E-state index in [9.17, 15) is 52.8 Å². The molecule has 6 rings (SSSR count). The van der Waals surface area contributed by atoms with Crippen LogP contribution in [-0.2, 0) is 45.2 Å². The van der Waals surface area contributed by atoms with Crippen LogP contribution in [0, 0.1) is 6.92 Å². The molecule has 0 radical (unpaired) electrons. The van der Waals surface area contributed by atoms with Gasteiger partial charge in [-0.1, -0.05) is 54.1 Å². The lowest BCUT2D eigenvalue weighted by Gasteiger charge is -2.33. The molecule has 24 heteroatoms. The Morgan fingerprint density at radius 1 is 0.808 bits per heavy atom. The molecule has 0 saturated carbocycles. The van der Waals surface area contributed by atoms with Crippen LogP contribution in [0.1, 0.15) is 11.1 Å². The number of phosphoric acid groups is 4. The second-order valence-corrected chi connectivity index (χ2v) is 17.6. The third kappa shape index (κ3) is 9.09. The van der Waals surface area contributed by atoms with Gasteiger partial charge in [0.15, 0.2) is 6.23 Å². The van der Waals surface area contributed by atoms with Crippen LogP contribution in [0.25, 0.3) is 16.5 Å². The van der Waals surface area contributed by atoms with E-state index in [1.165, 1.54) is 24.4 Å². The minimum absolute atomic E-state index is 0.302. The van der Waals surface area contributed by atoms with E-state index in [4.69, 9.17) is 14.0 Å². The summed E-state index contributed by atoms with van der Waals surface area (Å²) in [4.78, 5) is 53.5. The van der Waals surface area contributed by atoms with Gasteiger partial charge in [0.05, 0.1) is 6.61 Å². The summed E-state index contributed by atoms with van der Waals surface area (Å²) >= 11 is 0. The van der Waals surface area contributed by atoms with Crippen molar-refractivity contribution in [3.8, 4) is 5.75 Å². The zero-order valence-corrected chi connectivity index (χ0v) is 30.0. The molecule has 3 aliphatic rings. The number of carbonyl (C=O) groups excluding carboxylic acids is 1. The van der Waals surface area contributed by atoms with E-state index in [0.29, 0.717) is 22.1 Å². The molecule has 3 aliphatic heterocycles. The standard InChI is InChI=1S/C28H30N2O18P4/c1-16-5-4-8-19(11-16)22-13-20-14-30(28(33)29-26(20)43-22)27-25(32)24(31)23(44-27)15-42-49(34,35)46-51(38,39)48-52(40,41)47-50(36,37)45-21-10-9-17-6-2-3-7-18(17)12-21/h2-14,23-27,31-32H,15H2,1H3,(H,29,33)(H,34,35)(H,36,37)(H,38,39)(H,40,41)/t23-,24+,25?,26?,27-/m1/s1. The van der Waals surface area contributed by atoms with Gasteiger partial charge in [-0.05, 0) is 42.0 Å². The highest BCUT2D eigenvalue weighted by Crippen LogP contribution is 2.71. The number of phosphoric ester groups is 2. The zero-order valence-electron chi connectivity index (χ0n) is 26.4. The molecule has 3 heterocycles. The van der Waals surface area contributed by atoms with Crippen LogP contribution in [-0.4, -0.2) is 78.1 Å². The Morgan fingerprint density at radius 3 is 2.19 bits per heavy atom. The van der Waals surface area contributed by atoms with Crippen LogP contribution < -0.4 is 9.84 Å². The number of hydrogen-bond donors (Lipinski definition) is 7. The number of benzene rings is 3. The topological polar surface area (TPSA) is 287 Å². The summed E-state index contributed by atoms with van der Waals surface area (Å²) in [6, 6.07) is 17.3. The van der Waals surface area contributed by atoms with E-state index in [0.717, 1.165) is 16.0 Å². The smallest absolute Gasteiger partial charge is 0.466 e. The Balaban J connectivity index is 1.04. The number of aliphatic hydroxyl groups is 2. The lowest BCUT2D eigenvalue weighted by Crippen LogP contribution is -2.54. The molecule has 0 aliphatic carbocycles. The van der Waals surface area contributed by atoms with Gasteiger partial charge >= 0.3 is 37.3 Å². The molecule has 3 aromatic rings. The normalized spacial score (nSPS) is 27.6. The fourth-order valence-corrected chi connectivity index (χ4v) is 10.2. The lowest BCUT2D eigenvalue weighted by molar-refractivity contribution is -0.0671. The molecule has 3 aromatic carbocycles. The van der Waals surface area contributed by atoms with Crippen LogP contribution >= 0.6 is 31.3 Å². The third-order valence-electron chi connectivity index (χ3n) is 7.50. The van der Waals surface area contributed by atoms with Gasteiger partial charge in [0, 0.05) is 17.3 Å². The fourth-order valence-electron chi connectivity index (χ4n) is 5.30. The molecule has 2 amide bonds. The number of rotatable bonds is 13. The van der Waals surface area contributed by atoms with E-state index in [2.05, 4.69) is 22.8 Å². The average molecular weight is 806 g/mol. The molecule has 0 bridgehead atoms. The Morgan fingerprint density at radius 2 is 1.48 bits per heavy atom. The Bertz CT molecular complexity index is 2150. The second-order valence-electron chi connectivity index (χ2n) is 11.4. The number of urea groups is 1. The maximum atomic E-state index is 12.9. The van der Waals surface area contributed by atoms with Crippen molar-refractivity contribution in [1.29, 1.82) is 0 Å².